The second-order valence-electron chi connectivity index (χ2n) is 2.90. The first kappa shape index (κ1) is 10.7. The number of aliphatic hydroxyl groups is 1. The van der Waals surface area contributed by atoms with Gasteiger partial charge in [-0.2, -0.15) is 0 Å². The van der Waals surface area contributed by atoms with Gasteiger partial charge in [-0.3, -0.25) is 4.79 Å². The van der Waals surface area contributed by atoms with E-state index in [1.165, 1.54) is 6.20 Å². The van der Waals surface area contributed by atoms with E-state index in [0.29, 0.717) is 24.4 Å². The monoisotopic (exact) mass is 198 g/mol. The molecule has 0 aliphatic heterocycles. The predicted octanol–water partition coefficient (Wildman–Crippen LogP) is 0.437. The number of carbonyl (C=O) groups is 1. The molecule has 14 heavy (non-hydrogen) atoms. The highest BCUT2D eigenvalue weighted by atomic mass is 16.5. The summed E-state index contributed by atoms with van der Waals surface area (Å²) < 4.78 is 4.80. The Morgan fingerprint density at radius 3 is 2.86 bits per heavy atom. The highest BCUT2D eigenvalue weighted by Gasteiger charge is 2.18. The molecule has 0 fully saturated rings. The van der Waals surface area contributed by atoms with E-state index in [-0.39, 0.29) is 12.5 Å². The van der Waals surface area contributed by atoms with Gasteiger partial charge < -0.3 is 14.5 Å². The zero-order valence-corrected chi connectivity index (χ0v) is 8.36. The minimum absolute atomic E-state index is 0.0378. The van der Waals surface area contributed by atoms with Crippen LogP contribution in [0.1, 0.15) is 23.0 Å². The van der Waals surface area contributed by atoms with Crippen molar-refractivity contribution in [1.82, 2.24) is 10.1 Å². The molecule has 0 aliphatic rings. The summed E-state index contributed by atoms with van der Waals surface area (Å²) in [6.45, 7) is 4.40. The van der Waals surface area contributed by atoms with Crippen molar-refractivity contribution in [2.75, 3.05) is 19.7 Å². The summed E-state index contributed by atoms with van der Waals surface area (Å²) in [7, 11) is 0. The molecule has 0 unspecified atom stereocenters. The maximum atomic E-state index is 11.8. The normalized spacial score (nSPS) is 10.2. The molecule has 0 saturated carbocycles. The van der Waals surface area contributed by atoms with E-state index in [0.717, 1.165) is 0 Å². The van der Waals surface area contributed by atoms with Gasteiger partial charge in [0.05, 0.1) is 12.8 Å². The molecular weight excluding hydrogens is 184 g/mol. The third kappa shape index (κ3) is 2.11. The minimum Gasteiger partial charge on any atom is -0.395 e. The van der Waals surface area contributed by atoms with E-state index in [1.807, 2.05) is 6.92 Å². The Kier molecular flexibility index (Phi) is 3.64. The lowest BCUT2D eigenvalue weighted by Crippen LogP contribution is -2.33. The summed E-state index contributed by atoms with van der Waals surface area (Å²) in [6, 6.07) is 0. The van der Waals surface area contributed by atoms with Crippen molar-refractivity contribution in [2.24, 2.45) is 0 Å². The first-order valence-electron chi connectivity index (χ1n) is 4.52. The predicted molar refractivity (Wildman–Crippen MR) is 49.9 cm³/mol. The number of rotatable bonds is 4. The van der Waals surface area contributed by atoms with Crippen molar-refractivity contribution in [2.45, 2.75) is 13.8 Å². The van der Waals surface area contributed by atoms with Crippen LogP contribution in [0.25, 0.3) is 0 Å². The van der Waals surface area contributed by atoms with Crippen LogP contribution >= 0.6 is 0 Å². The van der Waals surface area contributed by atoms with E-state index in [9.17, 15) is 4.79 Å². The average Bonchev–Trinajstić information content (AvgIpc) is 2.59. The number of nitrogens with zero attached hydrogens (tertiary/aromatic N) is 2. The molecule has 1 aromatic rings. The summed E-state index contributed by atoms with van der Waals surface area (Å²) in [5.41, 5.74) is 0.459. The number of aromatic nitrogens is 1. The number of hydrogen-bond acceptors (Lipinski definition) is 4. The summed E-state index contributed by atoms with van der Waals surface area (Å²) in [5, 5.41) is 12.3. The maximum Gasteiger partial charge on any atom is 0.259 e. The molecule has 1 aromatic heterocycles. The van der Waals surface area contributed by atoms with Gasteiger partial charge in [0.15, 0.2) is 0 Å². The number of aryl methyl sites for hydroxylation is 1. The SMILES string of the molecule is CCN(CCO)C(=O)c1cnoc1C. The van der Waals surface area contributed by atoms with Gasteiger partial charge in [0.25, 0.3) is 5.91 Å². The van der Waals surface area contributed by atoms with Crippen molar-refractivity contribution in [3.8, 4) is 0 Å². The van der Waals surface area contributed by atoms with Crippen LogP contribution in [-0.4, -0.2) is 40.8 Å². The van der Waals surface area contributed by atoms with Gasteiger partial charge in [-0.15, -0.1) is 0 Å². The van der Waals surface area contributed by atoms with E-state index in [1.54, 1.807) is 11.8 Å². The van der Waals surface area contributed by atoms with Crippen molar-refractivity contribution in [3.63, 3.8) is 0 Å². The summed E-state index contributed by atoms with van der Waals surface area (Å²) in [4.78, 5) is 13.3. The Labute approximate surface area is 82.3 Å². The van der Waals surface area contributed by atoms with Gasteiger partial charge in [0, 0.05) is 13.1 Å². The summed E-state index contributed by atoms with van der Waals surface area (Å²) >= 11 is 0. The smallest absolute Gasteiger partial charge is 0.259 e. The first-order chi connectivity index (χ1) is 6.70. The molecule has 0 spiro atoms. The van der Waals surface area contributed by atoms with Crippen LogP contribution in [0.4, 0.5) is 0 Å². The standard InChI is InChI=1S/C9H14N2O3/c1-3-11(4-5-12)9(13)8-6-10-14-7(8)2/h6,12H,3-5H2,1-2H3. The van der Waals surface area contributed by atoms with Crippen LogP contribution < -0.4 is 0 Å². The topological polar surface area (TPSA) is 66.6 Å². The molecule has 1 heterocycles. The molecule has 0 aliphatic carbocycles. The molecule has 1 amide bonds. The summed E-state index contributed by atoms with van der Waals surface area (Å²) in [6.07, 6.45) is 1.40. The Morgan fingerprint density at radius 1 is 1.71 bits per heavy atom. The Hall–Kier alpha value is -1.36. The fourth-order valence-electron chi connectivity index (χ4n) is 1.20. The third-order valence-electron chi connectivity index (χ3n) is 2.02. The van der Waals surface area contributed by atoms with E-state index < -0.39 is 0 Å². The fraction of sp³-hybridized carbons (Fsp3) is 0.556. The number of likely N-dealkylation sites (N-methyl/N-ethyl adjacent to an activating group) is 1. The van der Waals surface area contributed by atoms with E-state index in [2.05, 4.69) is 5.16 Å². The molecule has 0 radical (unpaired) electrons. The quantitative estimate of drug-likeness (QED) is 0.762. The molecule has 0 aromatic carbocycles. The van der Waals surface area contributed by atoms with Gasteiger partial charge in [-0.1, -0.05) is 5.16 Å². The van der Waals surface area contributed by atoms with Crippen molar-refractivity contribution >= 4 is 5.91 Å². The van der Waals surface area contributed by atoms with Crippen LogP contribution in [0.3, 0.4) is 0 Å². The van der Waals surface area contributed by atoms with Crippen LogP contribution in [0.15, 0.2) is 10.7 Å². The zero-order chi connectivity index (χ0) is 10.6. The van der Waals surface area contributed by atoms with Gasteiger partial charge in [0.1, 0.15) is 11.3 Å². The van der Waals surface area contributed by atoms with Crippen LogP contribution in [0.2, 0.25) is 0 Å². The Morgan fingerprint density at radius 2 is 2.43 bits per heavy atom. The van der Waals surface area contributed by atoms with Gasteiger partial charge in [-0.25, -0.2) is 0 Å². The number of aliphatic hydroxyl groups excluding tert-OH is 1. The molecule has 1 N–H and O–H groups in total. The van der Waals surface area contributed by atoms with Crippen LogP contribution in [0.5, 0.6) is 0 Å². The van der Waals surface area contributed by atoms with Crippen molar-refractivity contribution in [3.05, 3.63) is 17.5 Å². The Balaban J connectivity index is 2.78. The van der Waals surface area contributed by atoms with E-state index in [4.69, 9.17) is 9.63 Å². The minimum atomic E-state index is -0.152. The fourth-order valence-corrected chi connectivity index (χ4v) is 1.20. The molecule has 1 rings (SSSR count). The van der Waals surface area contributed by atoms with Crippen molar-refractivity contribution < 1.29 is 14.4 Å². The van der Waals surface area contributed by atoms with Gasteiger partial charge in [-0.05, 0) is 13.8 Å². The lowest BCUT2D eigenvalue weighted by atomic mass is 10.2. The van der Waals surface area contributed by atoms with E-state index >= 15 is 0 Å². The Bertz CT molecular complexity index is 309. The molecule has 5 nitrogen and oxygen atoms in total. The van der Waals surface area contributed by atoms with Gasteiger partial charge >= 0.3 is 0 Å². The second kappa shape index (κ2) is 4.76. The number of hydrogen-bond donors (Lipinski definition) is 1. The van der Waals surface area contributed by atoms with Crippen molar-refractivity contribution in [1.29, 1.82) is 0 Å². The molecule has 0 bridgehead atoms. The van der Waals surface area contributed by atoms with Gasteiger partial charge in [0.2, 0.25) is 0 Å². The first-order valence-corrected chi connectivity index (χ1v) is 4.52. The number of carbonyl (C=O) groups excluding carboxylic acids is 1. The van der Waals surface area contributed by atoms with Crippen LogP contribution in [-0.2, 0) is 0 Å². The van der Waals surface area contributed by atoms with Crippen LogP contribution in [0, 0.1) is 6.92 Å². The molecular formula is C9H14N2O3. The third-order valence-corrected chi connectivity index (χ3v) is 2.02. The second-order valence-corrected chi connectivity index (χ2v) is 2.90. The average molecular weight is 198 g/mol. The highest BCUT2D eigenvalue weighted by molar-refractivity contribution is 5.94. The lowest BCUT2D eigenvalue weighted by molar-refractivity contribution is 0.0730. The molecule has 0 saturated heterocycles. The molecule has 5 heteroatoms. The zero-order valence-electron chi connectivity index (χ0n) is 8.36. The molecule has 78 valence electrons. The maximum absolute atomic E-state index is 11.8. The number of amides is 1. The lowest BCUT2D eigenvalue weighted by Gasteiger charge is -2.18. The highest BCUT2D eigenvalue weighted by Crippen LogP contribution is 2.09. The largest absolute Gasteiger partial charge is 0.395 e. The summed E-state index contributed by atoms with van der Waals surface area (Å²) in [5.74, 6) is 0.353. The molecule has 0 atom stereocenters.